The highest BCUT2D eigenvalue weighted by Gasteiger charge is 2.18. The second-order valence-corrected chi connectivity index (χ2v) is 10.2. The van der Waals surface area contributed by atoms with Crippen molar-refractivity contribution in [3.05, 3.63) is 77.2 Å². The van der Waals surface area contributed by atoms with Crippen LogP contribution in [-0.2, 0) is 18.6 Å². The molecule has 0 aliphatic rings. The second kappa shape index (κ2) is 12.6. The first kappa shape index (κ1) is 27.3. The van der Waals surface area contributed by atoms with Gasteiger partial charge in [-0.05, 0) is 48.1 Å². The molecule has 1 aromatic heterocycles. The number of aryl methyl sites for hydroxylation is 1. The lowest BCUT2D eigenvalue weighted by Gasteiger charge is -2.16. The summed E-state index contributed by atoms with van der Waals surface area (Å²) in [6.07, 6.45) is 0.788. The predicted octanol–water partition coefficient (Wildman–Crippen LogP) is 5.71. The monoisotopic (exact) mass is 509 g/mol. The van der Waals surface area contributed by atoms with Crippen LogP contribution in [0, 0.1) is 24.8 Å². The van der Waals surface area contributed by atoms with Crippen LogP contribution in [0.5, 0.6) is 0 Å². The zero-order chi connectivity index (χ0) is 26.2. The molecular weight excluding hydrogens is 480 g/mol. The standard InChI is InChI=1S/C28H29FNO5P/c1-18(2)28-23(12-13-35-27(32)15-22(31)17-36(33)34-4)24(21-10-11-25(29)19(3)14-21)16-26(30-28)20-8-6-5-7-9-20/h5-11,14,16,18,22,31,36H,15,17H2,1-4H3. The zero-order valence-corrected chi connectivity index (χ0v) is 21.7. The Labute approximate surface area is 211 Å². The summed E-state index contributed by atoms with van der Waals surface area (Å²) >= 11 is 0. The number of ether oxygens (including phenoxy) is 1. The molecule has 0 fully saturated rings. The number of hydrogen-bond donors (Lipinski definition) is 1. The molecule has 0 spiro atoms. The van der Waals surface area contributed by atoms with E-state index in [0.717, 1.165) is 22.4 Å². The van der Waals surface area contributed by atoms with Crippen LogP contribution in [0.2, 0.25) is 0 Å². The third-order valence-corrected chi connectivity index (χ3v) is 6.77. The number of aliphatic hydroxyl groups excluding tert-OH is 1. The number of nitrogens with zero attached hydrogens (tertiary/aromatic N) is 1. The molecule has 188 valence electrons. The molecule has 2 unspecified atom stereocenters. The number of aliphatic hydroxyl groups is 1. The van der Waals surface area contributed by atoms with E-state index in [1.807, 2.05) is 50.2 Å². The Morgan fingerprint density at radius 2 is 1.86 bits per heavy atom. The van der Waals surface area contributed by atoms with E-state index < -0.39 is 20.1 Å². The van der Waals surface area contributed by atoms with Crippen LogP contribution in [0.15, 0.2) is 54.6 Å². The highest BCUT2D eigenvalue weighted by Crippen LogP contribution is 2.33. The molecule has 0 radical (unpaired) electrons. The molecule has 2 atom stereocenters. The van der Waals surface area contributed by atoms with Crippen molar-refractivity contribution in [1.82, 2.24) is 4.98 Å². The lowest BCUT2D eigenvalue weighted by molar-refractivity contribution is -0.138. The summed E-state index contributed by atoms with van der Waals surface area (Å²) in [6, 6.07) is 16.4. The molecule has 0 amide bonds. The lowest BCUT2D eigenvalue weighted by Crippen LogP contribution is -2.16. The Hall–Kier alpha value is -3.30. The van der Waals surface area contributed by atoms with Crippen LogP contribution in [0.4, 0.5) is 4.39 Å². The second-order valence-electron chi connectivity index (χ2n) is 8.64. The van der Waals surface area contributed by atoms with Gasteiger partial charge in [-0.2, -0.15) is 0 Å². The topological polar surface area (TPSA) is 85.7 Å². The summed E-state index contributed by atoms with van der Waals surface area (Å²) in [5.74, 6) is 1.85. The van der Waals surface area contributed by atoms with E-state index in [9.17, 15) is 18.9 Å². The van der Waals surface area contributed by atoms with Crippen molar-refractivity contribution in [2.75, 3.05) is 13.3 Å². The Kier molecular flexibility index (Phi) is 9.55. The van der Waals surface area contributed by atoms with Gasteiger partial charge in [0.2, 0.25) is 0 Å². The summed E-state index contributed by atoms with van der Waals surface area (Å²) in [7, 11) is -1.12. The number of aromatic nitrogens is 1. The van der Waals surface area contributed by atoms with E-state index in [2.05, 4.69) is 16.6 Å². The van der Waals surface area contributed by atoms with Crippen LogP contribution >= 0.6 is 8.03 Å². The molecule has 3 rings (SSSR count). The average Bonchev–Trinajstić information content (AvgIpc) is 2.85. The molecule has 6 nitrogen and oxygen atoms in total. The Morgan fingerprint density at radius 3 is 2.50 bits per heavy atom. The molecule has 3 aromatic rings. The van der Waals surface area contributed by atoms with Gasteiger partial charge in [-0.15, -0.1) is 0 Å². The normalized spacial score (nSPS) is 12.5. The van der Waals surface area contributed by atoms with E-state index in [1.165, 1.54) is 13.2 Å². The number of carbonyl (C=O) groups is 1. The minimum Gasteiger partial charge on any atom is -0.392 e. The van der Waals surface area contributed by atoms with E-state index in [0.29, 0.717) is 16.8 Å². The molecule has 2 aromatic carbocycles. The maximum absolute atomic E-state index is 14.0. The number of hydrogen-bond acceptors (Lipinski definition) is 6. The van der Waals surface area contributed by atoms with Crippen LogP contribution in [0.3, 0.4) is 0 Å². The van der Waals surface area contributed by atoms with Gasteiger partial charge in [0.1, 0.15) is 11.9 Å². The lowest BCUT2D eigenvalue weighted by atomic mass is 9.92. The zero-order valence-electron chi connectivity index (χ0n) is 20.7. The molecule has 36 heavy (non-hydrogen) atoms. The highest BCUT2D eigenvalue weighted by atomic mass is 31.1. The number of pyridine rings is 1. The Balaban J connectivity index is 2.03. The van der Waals surface area contributed by atoms with Gasteiger partial charge in [0.05, 0.1) is 29.5 Å². The fourth-order valence-electron chi connectivity index (χ4n) is 3.63. The minimum absolute atomic E-state index is 0.0116. The van der Waals surface area contributed by atoms with E-state index in [-0.39, 0.29) is 24.3 Å². The Bertz CT molecular complexity index is 1310. The van der Waals surface area contributed by atoms with Crippen molar-refractivity contribution in [2.24, 2.45) is 0 Å². The Morgan fingerprint density at radius 1 is 1.14 bits per heavy atom. The van der Waals surface area contributed by atoms with Crippen LogP contribution in [0.1, 0.15) is 43.0 Å². The molecule has 0 saturated carbocycles. The highest BCUT2D eigenvalue weighted by molar-refractivity contribution is 7.39. The SMILES string of the molecule is CO[PH](=O)CC(O)CC(=O)OC#Cc1c(-c2ccc(F)c(C)c2)cc(-c2ccccc2)nc1C(C)C. The van der Waals surface area contributed by atoms with Crippen molar-refractivity contribution in [3.63, 3.8) is 0 Å². The molecular formula is C28H29FNO5P. The van der Waals surface area contributed by atoms with E-state index >= 15 is 0 Å². The van der Waals surface area contributed by atoms with Gasteiger partial charge < -0.3 is 14.4 Å². The molecule has 1 heterocycles. The van der Waals surface area contributed by atoms with Gasteiger partial charge in [0, 0.05) is 24.4 Å². The first-order chi connectivity index (χ1) is 17.2. The molecule has 0 saturated heterocycles. The third kappa shape index (κ3) is 7.11. The molecule has 0 bridgehead atoms. The molecule has 0 aliphatic heterocycles. The quantitative estimate of drug-likeness (QED) is 0.238. The van der Waals surface area contributed by atoms with E-state index in [4.69, 9.17) is 9.72 Å². The maximum atomic E-state index is 14.0. The van der Waals surface area contributed by atoms with Gasteiger partial charge >= 0.3 is 5.97 Å². The van der Waals surface area contributed by atoms with Crippen molar-refractivity contribution in [1.29, 1.82) is 0 Å². The van der Waals surface area contributed by atoms with Crippen molar-refractivity contribution >= 4 is 14.0 Å². The summed E-state index contributed by atoms with van der Waals surface area (Å²) < 4.78 is 35.2. The third-order valence-electron chi connectivity index (χ3n) is 5.51. The van der Waals surface area contributed by atoms with Crippen LogP contribution in [0.25, 0.3) is 22.4 Å². The summed E-state index contributed by atoms with van der Waals surface area (Å²) in [4.78, 5) is 17.0. The maximum Gasteiger partial charge on any atom is 0.322 e. The fraction of sp³-hybridized carbons (Fsp3) is 0.286. The smallest absolute Gasteiger partial charge is 0.322 e. The molecule has 0 aliphatic carbocycles. The first-order valence-electron chi connectivity index (χ1n) is 11.5. The van der Waals surface area contributed by atoms with Crippen molar-refractivity contribution in [3.8, 4) is 34.4 Å². The summed E-state index contributed by atoms with van der Waals surface area (Å²) in [5.41, 5.74) is 4.92. The molecule has 1 N–H and O–H groups in total. The van der Waals surface area contributed by atoms with Gasteiger partial charge in [-0.25, -0.2) is 4.39 Å². The first-order valence-corrected chi connectivity index (χ1v) is 13.0. The van der Waals surface area contributed by atoms with Crippen LogP contribution < -0.4 is 0 Å². The number of benzene rings is 2. The number of halogens is 1. The minimum atomic E-state index is -2.40. The fourth-order valence-corrected chi connectivity index (χ4v) is 4.32. The largest absolute Gasteiger partial charge is 0.392 e. The van der Waals surface area contributed by atoms with Crippen molar-refractivity contribution < 1.29 is 28.1 Å². The van der Waals surface area contributed by atoms with Gasteiger partial charge in [0.15, 0.2) is 8.03 Å². The van der Waals surface area contributed by atoms with Crippen molar-refractivity contribution in [2.45, 2.75) is 39.2 Å². The van der Waals surface area contributed by atoms with Gasteiger partial charge in [-0.3, -0.25) is 14.3 Å². The number of esters is 1. The number of carbonyl (C=O) groups excluding carboxylic acids is 1. The van der Waals surface area contributed by atoms with Crippen LogP contribution in [-0.4, -0.2) is 35.4 Å². The summed E-state index contributed by atoms with van der Waals surface area (Å²) in [6.45, 7) is 5.67. The summed E-state index contributed by atoms with van der Waals surface area (Å²) in [5, 5.41) is 9.89. The average molecular weight is 510 g/mol. The van der Waals surface area contributed by atoms with Gasteiger partial charge in [-0.1, -0.05) is 50.2 Å². The van der Waals surface area contributed by atoms with Gasteiger partial charge in [0.25, 0.3) is 0 Å². The predicted molar refractivity (Wildman–Crippen MR) is 138 cm³/mol. The molecule has 8 heteroatoms. The number of rotatable bonds is 8. The van der Waals surface area contributed by atoms with E-state index in [1.54, 1.807) is 19.1 Å².